The SMILES string of the molecule is CC(C)(NC(=O)c1nn(-c2ccc(F)cc2F)c2c1C1CCC2C1)c1ccccc1Cl. The van der Waals surface area contributed by atoms with E-state index >= 15 is 0 Å². The summed E-state index contributed by atoms with van der Waals surface area (Å²) in [4.78, 5) is 13.4. The molecule has 0 radical (unpaired) electrons. The van der Waals surface area contributed by atoms with Gasteiger partial charge in [0.25, 0.3) is 5.91 Å². The molecule has 0 saturated heterocycles. The molecule has 160 valence electrons. The van der Waals surface area contributed by atoms with E-state index in [-0.39, 0.29) is 23.4 Å². The van der Waals surface area contributed by atoms with Crippen molar-refractivity contribution in [3.8, 4) is 5.69 Å². The van der Waals surface area contributed by atoms with Crippen molar-refractivity contribution in [2.75, 3.05) is 0 Å². The van der Waals surface area contributed by atoms with Crippen LogP contribution in [0.5, 0.6) is 0 Å². The summed E-state index contributed by atoms with van der Waals surface area (Å²) in [7, 11) is 0. The number of benzene rings is 2. The summed E-state index contributed by atoms with van der Waals surface area (Å²) in [6, 6.07) is 10.8. The highest BCUT2D eigenvalue weighted by molar-refractivity contribution is 6.31. The second kappa shape index (κ2) is 7.16. The van der Waals surface area contributed by atoms with Gasteiger partial charge in [-0.2, -0.15) is 5.10 Å². The molecule has 1 aromatic heterocycles. The Labute approximate surface area is 184 Å². The monoisotopic (exact) mass is 441 g/mol. The molecule has 2 bridgehead atoms. The van der Waals surface area contributed by atoms with E-state index < -0.39 is 17.2 Å². The number of rotatable bonds is 4. The minimum absolute atomic E-state index is 0.162. The zero-order chi connectivity index (χ0) is 21.9. The van der Waals surface area contributed by atoms with Crippen molar-refractivity contribution in [3.63, 3.8) is 0 Å². The van der Waals surface area contributed by atoms with Crippen molar-refractivity contribution < 1.29 is 13.6 Å². The van der Waals surface area contributed by atoms with Gasteiger partial charge in [0.15, 0.2) is 11.5 Å². The molecule has 0 spiro atoms. The van der Waals surface area contributed by atoms with Crippen LogP contribution in [0.25, 0.3) is 5.69 Å². The minimum atomic E-state index is -0.731. The van der Waals surface area contributed by atoms with E-state index in [1.807, 2.05) is 32.0 Å². The molecule has 1 amide bonds. The molecule has 4 nitrogen and oxygen atoms in total. The van der Waals surface area contributed by atoms with Crippen molar-refractivity contribution in [2.45, 2.75) is 50.5 Å². The molecule has 0 aliphatic heterocycles. The van der Waals surface area contributed by atoms with Crippen molar-refractivity contribution in [2.24, 2.45) is 0 Å². The average molecular weight is 442 g/mol. The highest BCUT2D eigenvalue weighted by atomic mass is 35.5. The van der Waals surface area contributed by atoms with Crippen molar-refractivity contribution in [3.05, 3.63) is 81.6 Å². The van der Waals surface area contributed by atoms with Crippen LogP contribution < -0.4 is 5.32 Å². The summed E-state index contributed by atoms with van der Waals surface area (Å²) in [5, 5.41) is 8.16. The number of carbonyl (C=O) groups excluding carboxylic acids is 1. The molecule has 5 rings (SSSR count). The molecule has 2 atom stereocenters. The molecule has 1 heterocycles. The Kier molecular flexibility index (Phi) is 4.66. The number of nitrogens with zero attached hydrogens (tertiary/aromatic N) is 2. The van der Waals surface area contributed by atoms with Gasteiger partial charge in [-0.3, -0.25) is 4.79 Å². The fourth-order valence-electron chi connectivity index (χ4n) is 5.11. The van der Waals surface area contributed by atoms with Crippen LogP contribution in [0, 0.1) is 11.6 Å². The standard InChI is InChI=1S/C24H22ClF2N3O/c1-24(2,16-5-3-4-6-17(16)25)28-23(31)21-20-13-7-8-14(11-13)22(20)30(29-21)19-10-9-15(26)12-18(19)27/h3-6,9-10,12-14H,7-8,11H2,1-2H3,(H,28,31). The summed E-state index contributed by atoms with van der Waals surface area (Å²) in [6.07, 6.45) is 2.91. The van der Waals surface area contributed by atoms with E-state index in [4.69, 9.17) is 11.6 Å². The number of fused-ring (bicyclic) bond motifs is 5. The Morgan fingerprint density at radius 3 is 2.65 bits per heavy atom. The Morgan fingerprint density at radius 2 is 1.90 bits per heavy atom. The summed E-state index contributed by atoms with van der Waals surface area (Å²) in [5.74, 6) is -1.20. The Hall–Kier alpha value is -2.73. The molecule has 2 aliphatic rings. The highest BCUT2D eigenvalue weighted by Crippen LogP contribution is 2.54. The number of nitrogens with one attached hydrogen (secondary N) is 1. The van der Waals surface area contributed by atoms with E-state index in [9.17, 15) is 13.6 Å². The summed E-state index contributed by atoms with van der Waals surface area (Å²) >= 11 is 6.35. The van der Waals surface area contributed by atoms with Gasteiger partial charge in [0.05, 0.1) is 11.2 Å². The van der Waals surface area contributed by atoms with Crippen molar-refractivity contribution >= 4 is 17.5 Å². The number of aromatic nitrogens is 2. The zero-order valence-corrected chi connectivity index (χ0v) is 18.0. The molecular formula is C24H22ClF2N3O. The third-order valence-electron chi connectivity index (χ3n) is 6.51. The lowest BCUT2D eigenvalue weighted by molar-refractivity contribution is 0.0905. The highest BCUT2D eigenvalue weighted by Gasteiger charge is 2.45. The van der Waals surface area contributed by atoms with Gasteiger partial charge in [-0.1, -0.05) is 29.8 Å². The first kappa shape index (κ1) is 20.2. The molecule has 2 aromatic carbocycles. The predicted octanol–water partition coefficient (Wildman–Crippen LogP) is 5.83. The molecule has 3 aromatic rings. The maximum atomic E-state index is 14.6. The normalized spacial score (nSPS) is 19.5. The largest absolute Gasteiger partial charge is 0.342 e. The van der Waals surface area contributed by atoms with Crippen LogP contribution in [0.4, 0.5) is 8.78 Å². The number of hydrogen-bond donors (Lipinski definition) is 1. The van der Waals surface area contributed by atoms with Crippen LogP contribution in [0.15, 0.2) is 42.5 Å². The lowest BCUT2D eigenvalue weighted by Gasteiger charge is -2.27. The van der Waals surface area contributed by atoms with Gasteiger partial charge in [-0.25, -0.2) is 13.5 Å². The van der Waals surface area contributed by atoms with Gasteiger partial charge in [-0.15, -0.1) is 0 Å². The Morgan fingerprint density at radius 1 is 1.16 bits per heavy atom. The summed E-state index contributed by atoms with van der Waals surface area (Å²) in [6.45, 7) is 3.77. The molecule has 1 saturated carbocycles. The van der Waals surface area contributed by atoms with Crippen LogP contribution in [0.1, 0.15) is 72.3 Å². The van der Waals surface area contributed by atoms with E-state index in [1.165, 1.54) is 16.8 Å². The second-order valence-corrected chi connectivity index (χ2v) is 9.33. The number of carbonyl (C=O) groups is 1. The van der Waals surface area contributed by atoms with Gasteiger partial charge in [0, 0.05) is 22.6 Å². The van der Waals surface area contributed by atoms with E-state index in [0.717, 1.165) is 42.1 Å². The minimum Gasteiger partial charge on any atom is -0.342 e. The third kappa shape index (κ3) is 3.24. The van der Waals surface area contributed by atoms with Gasteiger partial charge in [0.2, 0.25) is 0 Å². The molecule has 2 unspecified atom stereocenters. The Balaban J connectivity index is 1.57. The van der Waals surface area contributed by atoms with Crippen LogP contribution >= 0.6 is 11.6 Å². The van der Waals surface area contributed by atoms with Crippen LogP contribution in [-0.4, -0.2) is 15.7 Å². The average Bonchev–Trinajstić information content (AvgIpc) is 3.41. The topological polar surface area (TPSA) is 46.9 Å². The van der Waals surface area contributed by atoms with E-state index in [1.54, 1.807) is 6.07 Å². The first-order chi connectivity index (χ1) is 14.8. The lowest BCUT2D eigenvalue weighted by Crippen LogP contribution is -2.41. The van der Waals surface area contributed by atoms with E-state index in [2.05, 4.69) is 10.4 Å². The molecular weight excluding hydrogens is 420 g/mol. The van der Waals surface area contributed by atoms with Gasteiger partial charge in [-0.05, 0) is 62.8 Å². The number of halogens is 3. The smallest absolute Gasteiger partial charge is 0.272 e. The predicted molar refractivity (Wildman–Crippen MR) is 115 cm³/mol. The summed E-state index contributed by atoms with van der Waals surface area (Å²) < 4.78 is 29.5. The quantitative estimate of drug-likeness (QED) is 0.553. The maximum Gasteiger partial charge on any atom is 0.272 e. The maximum absolute atomic E-state index is 14.6. The molecule has 31 heavy (non-hydrogen) atoms. The molecule has 2 aliphatic carbocycles. The van der Waals surface area contributed by atoms with Gasteiger partial charge >= 0.3 is 0 Å². The molecule has 7 heteroatoms. The van der Waals surface area contributed by atoms with Gasteiger partial charge in [0.1, 0.15) is 11.5 Å². The first-order valence-corrected chi connectivity index (χ1v) is 10.8. The second-order valence-electron chi connectivity index (χ2n) is 8.92. The van der Waals surface area contributed by atoms with Crippen LogP contribution in [0.3, 0.4) is 0 Å². The van der Waals surface area contributed by atoms with Crippen molar-refractivity contribution in [1.29, 1.82) is 0 Å². The number of hydrogen-bond acceptors (Lipinski definition) is 2. The fraction of sp³-hybridized carbons (Fsp3) is 0.333. The zero-order valence-electron chi connectivity index (χ0n) is 17.3. The lowest BCUT2D eigenvalue weighted by atomic mass is 9.92. The first-order valence-electron chi connectivity index (χ1n) is 10.4. The third-order valence-corrected chi connectivity index (χ3v) is 6.84. The Bertz CT molecular complexity index is 1200. The van der Waals surface area contributed by atoms with Crippen molar-refractivity contribution in [1.82, 2.24) is 15.1 Å². The number of amides is 1. The molecule has 1 fully saturated rings. The fourth-order valence-corrected chi connectivity index (χ4v) is 5.49. The molecule has 1 N–H and O–H groups in total. The summed E-state index contributed by atoms with van der Waals surface area (Å²) in [5.41, 5.74) is 2.31. The van der Waals surface area contributed by atoms with Gasteiger partial charge < -0.3 is 5.32 Å². The van der Waals surface area contributed by atoms with E-state index in [0.29, 0.717) is 10.7 Å². The van der Waals surface area contributed by atoms with Crippen LogP contribution in [0.2, 0.25) is 5.02 Å². The van der Waals surface area contributed by atoms with Crippen LogP contribution in [-0.2, 0) is 5.54 Å².